The quantitative estimate of drug-likeness (QED) is 0.872. The molecule has 0 radical (unpaired) electrons. The lowest BCUT2D eigenvalue weighted by Crippen LogP contribution is -2.28. The number of hydrogen-bond donors (Lipinski definition) is 2. The van der Waals surface area contributed by atoms with Gasteiger partial charge in [-0.2, -0.15) is 0 Å². The maximum atomic E-state index is 6.32. The molecule has 1 atom stereocenters. The van der Waals surface area contributed by atoms with Crippen molar-refractivity contribution >= 4 is 21.4 Å². The second-order valence-electron chi connectivity index (χ2n) is 5.37. The highest BCUT2D eigenvalue weighted by atomic mass is 32.1. The molecule has 0 aliphatic heterocycles. The molecule has 4 N–H and O–H groups in total. The lowest BCUT2D eigenvalue weighted by molar-refractivity contribution is 0.318. The van der Waals surface area contributed by atoms with E-state index in [-0.39, 0.29) is 11.5 Å². The molecule has 0 saturated carbocycles. The monoisotopic (exact) mass is 248 g/mol. The van der Waals surface area contributed by atoms with Gasteiger partial charge < -0.3 is 11.5 Å². The van der Waals surface area contributed by atoms with Crippen LogP contribution in [0.5, 0.6) is 0 Å². The number of hydrogen-bond acceptors (Lipinski definition) is 3. The third-order valence-corrected chi connectivity index (χ3v) is 4.22. The Morgan fingerprint density at radius 2 is 2.00 bits per heavy atom. The van der Waals surface area contributed by atoms with E-state index >= 15 is 0 Å². The van der Waals surface area contributed by atoms with E-state index in [2.05, 4.69) is 43.5 Å². The maximum Gasteiger partial charge on any atom is 0.0346 e. The predicted octanol–water partition coefficient (Wildman–Crippen LogP) is 3.28. The molecule has 2 nitrogen and oxygen atoms in total. The lowest BCUT2D eigenvalue weighted by atomic mass is 9.84. The molecule has 17 heavy (non-hydrogen) atoms. The molecule has 0 aliphatic carbocycles. The first-order valence-corrected chi connectivity index (χ1v) is 6.83. The number of thiophene rings is 1. The summed E-state index contributed by atoms with van der Waals surface area (Å²) in [6, 6.07) is 8.50. The van der Waals surface area contributed by atoms with Gasteiger partial charge in [0.15, 0.2) is 0 Å². The highest BCUT2D eigenvalue weighted by Crippen LogP contribution is 2.34. The van der Waals surface area contributed by atoms with Crippen LogP contribution in [0.1, 0.15) is 31.9 Å². The van der Waals surface area contributed by atoms with Crippen LogP contribution in [-0.4, -0.2) is 6.54 Å². The Morgan fingerprint density at radius 1 is 1.29 bits per heavy atom. The number of benzene rings is 1. The average Bonchev–Trinajstić information content (AvgIpc) is 2.72. The van der Waals surface area contributed by atoms with Crippen LogP contribution >= 0.6 is 11.3 Å². The summed E-state index contributed by atoms with van der Waals surface area (Å²) >= 11 is 1.76. The van der Waals surface area contributed by atoms with Gasteiger partial charge >= 0.3 is 0 Å². The summed E-state index contributed by atoms with van der Waals surface area (Å²) in [5, 5.41) is 3.47. The van der Waals surface area contributed by atoms with Crippen molar-refractivity contribution < 1.29 is 0 Å². The van der Waals surface area contributed by atoms with Crippen molar-refractivity contribution in [3.8, 4) is 0 Å². The van der Waals surface area contributed by atoms with Crippen molar-refractivity contribution in [2.45, 2.75) is 26.3 Å². The standard InChI is InChI=1S/C14H20N2S/c1-14(2,9-15)7-12(16)11-8-17-13-6-4-3-5-10(11)13/h3-6,8,12H,7,9,15-16H2,1-2H3. The highest BCUT2D eigenvalue weighted by molar-refractivity contribution is 7.17. The molecule has 0 aliphatic rings. The molecular weight excluding hydrogens is 228 g/mol. The van der Waals surface area contributed by atoms with Crippen molar-refractivity contribution in [2.24, 2.45) is 16.9 Å². The van der Waals surface area contributed by atoms with Crippen molar-refractivity contribution in [1.29, 1.82) is 0 Å². The van der Waals surface area contributed by atoms with Gasteiger partial charge in [-0.3, -0.25) is 0 Å². The smallest absolute Gasteiger partial charge is 0.0346 e. The van der Waals surface area contributed by atoms with Gasteiger partial charge in [-0.1, -0.05) is 32.0 Å². The van der Waals surface area contributed by atoms with Crippen LogP contribution in [0.25, 0.3) is 10.1 Å². The molecule has 0 fully saturated rings. The van der Waals surface area contributed by atoms with Crippen molar-refractivity contribution in [1.82, 2.24) is 0 Å². The zero-order chi connectivity index (χ0) is 12.5. The van der Waals surface area contributed by atoms with E-state index in [0.717, 1.165) is 6.42 Å². The third-order valence-electron chi connectivity index (χ3n) is 3.24. The van der Waals surface area contributed by atoms with Crippen LogP contribution in [0.3, 0.4) is 0 Å². The second-order valence-corrected chi connectivity index (χ2v) is 6.28. The average molecular weight is 248 g/mol. The first-order chi connectivity index (χ1) is 8.03. The number of nitrogens with two attached hydrogens (primary N) is 2. The minimum absolute atomic E-state index is 0.0738. The van der Waals surface area contributed by atoms with Gasteiger partial charge in [-0.05, 0) is 40.8 Å². The van der Waals surface area contributed by atoms with Gasteiger partial charge in [-0.15, -0.1) is 11.3 Å². The normalized spacial score (nSPS) is 14.1. The molecule has 0 spiro atoms. The van der Waals surface area contributed by atoms with Crippen LogP contribution in [0.15, 0.2) is 29.6 Å². The molecular formula is C14H20N2S. The SMILES string of the molecule is CC(C)(CN)CC(N)c1csc2ccccc12. The zero-order valence-electron chi connectivity index (χ0n) is 10.4. The Hall–Kier alpha value is -0.900. The molecule has 1 heterocycles. The van der Waals surface area contributed by atoms with Crippen LogP contribution in [-0.2, 0) is 0 Å². The molecule has 0 bridgehead atoms. The largest absolute Gasteiger partial charge is 0.330 e. The van der Waals surface area contributed by atoms with E-state index in [1.807, 2.05) is 0 Å². The topological polar surface area (TPSA) is 52.0 Å². The van der Waals surface area contributed by atoms with Crippen LogP contribution in [0.4, 0.5) is 0 Å². The summed E-state index contributed by atoms with van der Waals surface area (Å²) in [5.74, 6) is 0. The van der Waals surface area contributed by atoms with E-state index in [1.165, 1.54) is 15.6 Å². The lowest BCUT2D eigenvalue weighted by Gasteiger charge is -2.26. The summed E-state index contributed by atoms with van der Waals surface area (Å²) in [6.07, 6.45) is 0.921. The van der Waals surface area contributed by atoms with Gasteiger partial charge in [0, 0.05) is 10.7 Å². The van der Waals surface area contributed by atoms with E-state index in [1.54, 1.807) is 11.3 Å². The summed E-state index contributed by atoms with van der Waals surface area (Å²) < 4.78 is 1.31. The molecule has 0 amide bonds. The Labute approximate surface area is 107 Å². The van der Waals surface area contributed by atoms with E-state index < -0.39 is 0 Å². The van der Waals surface area contributed by atoms with Gasteiger partial charge in [0.2, 0.25) is 0 Å². The first-order valence-electron chi connectivity index (χ1n) is 5.95. The molecule has 1 unspecified atom stereocenters. The molecule has 92 valence electrons. The molecule has 1 aromatic heterocycles. The molecule has 3 heteroatoms. The molecule has 2 aromatic rings. The molecule has 1 aromatic carbocycles. The van der Waals surface area contributed by atoms with E-state index in [9.17, 15) is 0 Å². The van der Waals surface area contributed by atoms with Gasteiger partial charge in [0.05, 0.1) is 0 Å². The van der Waals surface area contributed by atoms with Gasteiger partial charge in [0.25, 0.3) is 0 Å². The fourth-order valence-corrected chi connectivity index (χ4v) is 3.10. The molecule has 2 rings (SSSR count). The highest BCUT2D eigenvalue weighted by Gasteiger charge is 2.22. The fraction of sp³-hybridized carbons (Fsp3) is 0.429. The minimum atomic E-state index is 0.0738. The van der Waals surface area contributed by atoms with Crippen LogP contribution in [0.2, 0.25) is 0 Å². The Kier molecular flexibility index (Phi) is 3.52. The summed E-state index contributed by atoms with van der Waals surface area (Å²) in [5.41, 5.74) is 13.4. The molecule has 0 saturated heterocycles. The summed E-state index contributed by atoms with van der Waals surface area (Å²) in [7, 11) is 0. The Balaban J connectivity index is 2.28. The number of rotatable bonds is 4. The minimum Gasteiger partial charge on any atom is -0.330 e. The maximum absolute atomic E-state index is 6.32. The van der Waals surface area contributed by atoms with Gasteiger partial charge in [0.1, 0.15) is 0 Å². The van der Waals surface area contributed by atoms with Crippen LogP contribution in [0, 0.1) is 5.41 Å². The second kappa shape index (κ2) is 4.77. The summed E-state index contributed by atoms with van der Waals surface area (Å²) in [4.78, 5) is 0. The van der Waals surface area contributed by atoms with Gasteiger partial charge in [-0.25, -0.2) is 0 Å². The summed E-state index contributed by atoms with van der Waals surface area (Å²) in [6.45, 7) is 5.01. The van der Waals surface area contributed by atoms with E-state index in [4.69, 9.17) is 11.5 Å². The van der Waals surface area contributed by atoms with Crippen molar-refractivity contribution in [2.75, 3.05) is 6.54 Å². The van der Waals surface area contributed by atoms with Crippen molar-refractivity contribution in [3.05, 3.63) is 35.2 Å². The predicted molar refractivity (Wildman–Crippen MR) is 76.2 cm³/mol. The Morgan fingerprint density at radius 3 is 2.71 bits per heavy atom. The van der Waals surface area contributed by atoms with Crippen molar-refractivity contribution in [3.63, 3.8) is 0 Å². The fourth-order valence-electron chi connectivity index (χ4n) is 2.07. The third kappa shape index (κ3) is 2.68. The Bertz CT molecular complexity index is 502. The number of fused-ring (bicyclic) bond motifs is 1. The zero-order valence-corrected chi connectivity index (χ0v) is 11.3. The van der Waals surface area contributed by atoms with Crippen LogP contribution < -0.4 is 11.5 Å². The first kappa shape index (κ1) is 12.6. The van der Waals surface area contributed by atoms with E-state index in [0.29, 0.717) is 6.54 Å².